The first-order chi connectivity index (χ1) is 19.9. The maximum Gasteiger partial charge on any atom is 0.356 e. The third-order valence-electron chi connectivity index (χ3n) is 6.33. The number of hydrogen-bond acceptors (Lipinski definition) is 10. The number of oxime groups is 1. The summed E-state index contributed by atoms with van der Waals surface area (Å²) in [5.74, 6) is -1.47. The van der Waals surface area contributed by atoms with Crippen molar-refractivity contribution < 1.29 is 24.0 Å². The molecule has 0 spiro atoms. The van der Waals surface area contributed by atoms with Gasteiger partial charge in [0.1, 0.15) is 29.9 Å². The fourth-order valence-corrected chi connectivity index (χ4v) is 6.50. The Balaban J connectivity index is 1.40. The van der Waals surface area contributed by atoms with Crippen molar-refractivity contribution in [3.8, 4) is 0 Å². The van der Waals surface area contributed by atoms with Gasteiger partial charge in [0.05, 0.1) is 0 Å². The van der Waals surface area contributed by atoms with Crippen molar-refractivity contribution in [2.75, 3.05) is 18.6 Å². The molecule has 5 rings (SSSR count). The Morgan fingerprint density at radius 1 is 1.17 bits per heavy atom. The van der Waals surface area contributed by atoms with Gasteiger partial charge in [-0.1, -0.05) is 77.4 Å². The van der Waals surface area contributed by atoms with Crippen LogP contribution in [-0.2, 0) is 24.0 Å². The number of hydrogen-bond donors (Lipinski definition) is 2. The second kappa shape index (κ2) is 12.6. The molecule has 210 valence electrons. The minimum atomic E-state index is -0.922. The normalized spacial score (nSPS) is 18.8. The highest BCUT2D eigenvalue weighted by Crippen LogP contribution is 2.42. The smallest absolute Gasteiger partial charge is 0.356 e. The van der Waals surface area contributed by atoms with Crippen molar-refractivity contribution in [2.24, 2.45) is 5.16 Å². The number of benzene rings is 2. The van der Waals surface area contributed by atoms with Crippen LogP contribution in [-0.4, -0.2) is 57.7 Å². The number of fused-ring (bicyclic) bond motifs is 1. The average Bonchev–Trinajstić information content (AvgIpc) is 3.43. The van der Waals surface area contributed by atoms with Crippen LogP contribution < -0.4 is 11.1 Å². The van der Waals surface area contributed by atoms with Crippen LogP contribution in [0.5, 0.6) is 0 Å². The zero-order valence-electron chi connectivity index (χ0n) is 21.6. The van der Waals surface area contributed by atoms with Crippen LogP contribution in [0.1, 0.15) is 22.9 Å². The Hall–Kier alpha value is -4.13. The standard InChI is InChI=1S/C28H24ClN5O5S2/c1-38-33-20(19-15-41-28(30)31-19)24(35)32-21-25(36)34-22(18(12-13-29)14-40-26(21)34)27(37)39-23(16-8-4-2-5-9-16)17-10-6-3-7-11-17/h2-13,15,21,23,26H,14H2,1H3,(H2,30,31)(H,32,35)/b13-12+,33-20-/t21?,26-/m1/s1. The number of esters is 1. The van der Waals surface area contributed by atoms with Gasteiger partial charge in [-0.2, -0.15) is 0 Å². The molecule has 0 radical (unpaired) electrons. The number of thioether (sulfide) groups is 1. The van der Waals surface area contributed by atoms with E-state index in [2.05, 4.69) is 15.5 Å². The van der Waals surface area contributed by atoms with E-state index in [0.29, 0.717) is 11.3 Å². The number of anilines is 1. The number of allylic oxidation sites excluding steroid dienone is 1. The SMILES string of the molecule is CO/N=C(\C(=O)NC1C(=O)N2C(C(=O)OC(c3ccccc3)c3ccccc3)=C(/C=C/Cl)CS[C@H]12)c1csc(N)n1. The second-order valence-corrected chi connectivity index (χ2v) is 11.1. The number of β-lactam (4-membered cyclic amide) rings is 1. The molecule has 13 heteroatoms. The van der Waals surface area contributed by atoms with Crippen LogP contribution in [0.3, 0.4) is 0 Å². The van der Waals surface area contributed by atoms with E-state index in [9.17, 15) is 14.4 Å². The fraction of sp³-hybridized carbons (Fsp3) is 0.179. The molecule has 0 saturated carbocycles. The summed E-state index contributed by atoms with van der Waals surface area (Å²) in [5, 5.41) is 7.73. The highest BCUT2D eigenvalue weighted by Gasteiger charge is 2.54. The van der Waals surface area contributed by atoms with E-state index in [4.69, 9.17) is 26.9 Å². The Kier molecular flexibility index (Phi) is 8.72. The summed E-state index contributed by atoms with van der Waals surface area (Å²) in [6.07, 6.45) is 0.855. The molecule has 1 unspecified atom stereocenters. The van der Waals surface area contributed by atoms with Gasteiger partial charge in [0.25, 0.3) is 11.8 Å². The van der Waals surface area contributed by atoms with Gasteiger partial charge in [-0.05, 0) is 22.8 Å². The predicted molar refractivity (Wildman–Crippen MR) is 158 cm³/mol. The number of nitrogens with zero attached hydrogens (tertiary/aromatic N) is 3. The van der Waals surface area contributed by atoms with E-state index in [1.165, 1.54) is 29.3 Å². The van der Waals surface area contributed by atoms with E-state index in [1.807, 2.05) is 60.7 Å². The number of nitrogens with one attached hydrogen (secondary N) is 1. The molecular formula is C28H24ClN5O5S2. The van der Waals surface area contributed by atoms with Crippen LogP contribution >= 0.6 is 34.7 Å². The van der Waals surface area contributed by atoms with Gasteiger partial charge in [0, 0.05) is 16.7 Å². The molecular weight excluding hydrogens is 586 g/mol. The van der Waals surface area contributed by atoms with Gasteiger partial charge in [0.15, 0.2) is 16.9 Å². The Morgan fingerprint density at radius 2 is 1.83 bits per heavy atom. The lowest BCUT2D eigenvalue weighted by Crippen LogP contribution is -2.71. The fourth-order valence-electron chi connectivity index (χ4n) is 4.48. The Morgan fingerprint density at radius 3 is 2.39 bits per heavy atom. The molecule has 2 amide bonds. The van der Waals surface area contributed by atoms with Gasteiger partial charge >= 0.3 is 5.97 Å². The minimum Gasteiger partial charge on any atom is -0.448 e. The van der Waals surface area contributed by atoms with Crippen LogP contribution in [0.4, 0.5) is 5.13 Å². The lowest BCUT2D eigenvalue weighted by atomic mass is 10.0. The summed E-state index contributed by atoms with van der Waals surface area (Å²) < 4.78 is 6.07. The molecule has 2 aliphatic rings. The highest BCUT2D eigenvalue weighted by atomic mass is 35.5. The van der Waals surface area contributed by atoms with E-state index >= 15 is 0 Å². The molecule has 0 bridgehead atoms. The van der Waals surface area contributed by atoms with Crippen molar-refractivity contribution in [3.05, 3.63) is 106 Å². The maximum atomic E-state index is 13.8. The van der Waals surface area contributed by atoms with Crippen LogP contribution in [0.15, 0.2) is 94.1 Å². The summed E-state index contributed by atoms with van der Waals surface area (Å²) in [6.45, 7) is 0. The van der Waals surface area contributed by atoms with Crippen molar-refractivity contribution in [2.45, 2.75) is 17.5 Å². The number of ether oxygens (including phenoxy) is 1. The summed E-state index contributed by atoms with van der Waals surface area (Å²) in [5.41, 5.74) is 9.24. The third-order valence-corrected chi connectivity index (χ3v) is 8.44. The average molecular weight is 610 g/mol. The molecule has 3 N–H and O–H groups in total. The number of aromatic nitrogens is 1. The lowest BCUT2D eigenvalue weighted by Gasteiger charge is -2.49. The van der Waals surface area contributed by atoms with Crippen LogP contribution in [0.25, 0.3) is 0 Å². The van der Waals surface area contributed by atoms with Crippen molar-refractivity contribution in [1.29, 1.82) is 0 Å². The molecule has 41 heavy (non-hydrogen) atoms. The van der Waals surface area contributed by atoms with Gasteiger partial charge in [0.2, 0.25) is 0 Å². The van der Waals surface area contributed by atoms with Crippen LogP contribution in [0.2, 0.25) is 0 Å². The third kappa shape index (κ3) is 5.85. The maximum absolute atomic E-state index is 13.8. The monoisotopic (exact) mass is 609 g/mol. The number of amides is 2. The molecule has 2 aromatic carbocycles. The molecule has 3 aromatic rings. The molecule has 0 aliphatic carbocycles. The first-order valence-electron chi connectivity index (χ1n) is 12.3. The molecule has 1 aromatic heterocycles. The van der Waals surface area contributed by atoms with Crippen LogP contribution in [0, 0.1) is 0 Å². The van der Waals surface area contributed by atoms with Gasteiger partial charge in [-0.3, -0.25) is 14.5 Å². The van der Waals surface area contributed by atoms with Gasteiger partial charge in [-0.25, -0.2) is 9.78 Å². The molecule has 2 atom stereocenters. The quantitative estimate of drug-likeness (QED) is 0.162. The largest absolute Gasteiger partial charge is 0.448 e. The second-order valence-electron chi connectivity index (χ2n) is 8.83. The molecule has 3 heterocycles. The van der Waals surface area contributed by atoms with Crippen molar-refractivity contribution >= 4 is 63.3 Å². The number of thiazole rings is 1. The first-order valence-corrected chi connectivity index (χ1v) is 14.7. The van der Waals surface area contributed by atoms with E-state index < -0.39 is 35.3 Å². The molecule has 1 fully saturated rings. The predicted octanol–water partition coefficient (Wildman–Crippen LogP) is 3.82. The lowest BCUT2D eigenvalue weighted by molar-refractivity contribution is -0.154. The first kappa shape index (κ1) is 28.4. The van der Waals surface area contributed by atoms with Gasteiger partial charge in [-0.15, -0.1) is 23.1 Å². The zero-order chi connectivity index (χ0) is 28.9. The highest BCUT2D eigenvalue weighted by molar-refractivity contribution is 8.00. The van der Waals surface area contributed by atoms with Crippen molar-refractivity contribution in [3.63, 3.8) is 0 Å². The number of nitrogen functional groups attached to an aromatic ring is 1. The Bertz CT molecular complexity index is 1500. The van der Waals surface area contributed by atoms with Gasteiger partial charge < -0.3 is 20.6 Å². The summed E-state index contributed by atoms with van der Waals surface area (Å²) in [7, 11) is 1.29. The number of rotatable bonds is 9. The zero-order valence-corrected chi connectivity index (χ0v) is 24.0. The minimum absolute atomic E-state index is 0.0797. The number of carbonyl (C=O) groups is 3. The summed E-state index contributed by atoms with van der Waals surface area (Å²) in [6, 6.07) is 17.8. The molecule has 10 nitrogen and oxygen atoms in total. The number of nitrogens with two attached hydrogens (primary N) is 1. The number of carbonyl (C=O) groups excluding carboxylic acids is 3. The van der Waals surface area contributed by atoms with E-state index in [-0.39, 0.29) is 22.2 Å². The van der Waals surface area contributed by atoms with E-state index in [1.54, 1.807) is 11.5 Å². The Labute approximate surface area is 248 Å². The summed E-state index contributed by atoms with van der Waals surface area (Å²) >= 11 is 8.41. The molecule has 1 saturated heterocycles. The molecule has 2 aliphatic heterocycles. The van der Waals surface area contributed by atoms with E-state index in [0.717, 1.165) is 22.5 Å². The van der Waals surface area contributed by atoms with Crippen molar-refractivity contribution in [1.82, 2.24) is 15.2 Å². The number of halogens is 1. The topological polar surface area (TPSA) is 136 Å². The summed E-state index contributed by atoms with van der Waals surface area (Å²) in [4.78, 5) is 50.6.